The number of hydrogen-bond acceptors (Lipinski definition) is 12. The summed E-state index contributed by atoms with van der Waals surface area (Å²) in [6, 6.07) is 4.77. The molecule has 5 atom stereocenters. The second-order valence-electron chi connectivity index (χ2n) is 15.8. The maximum absolute atomic E-state index is 14.5. The van der Waals surface area contributed by atoms with Gasteiger partial charge < -0.3 is 39.2 Å². The monoisotopic (exact) mass is 835 g/mol. The Hall–Kier alpha value is -5.58. The predicted octanol–water partition coefficient (Wildman–Crippen LogP) is 4.62. The fraction of sp³-hybridized carbons (Fsp3) is 0.500. The molecule has 1 aromatic heterocycles. The van der Waals surface area contributed by atoms with Crippen molar-refractivity contribution >= 4 is 50.8 Å². The average Bonchev–Trinajstić information content (AvgIpc) is 3.61. The third-order valence-corrected chi connectivity index (χ3v) is 12.8. The maximum atomic E-state index is 14.5. The van der Waals surface area contributed by atoms with Crippen LogP contribution in [0.4, 0.5) is 4.79 Å². The highest BCUT2D eigenvalue weighted by Gasteiger charge is 2.61. The largest absolute Gasteiger partial charge is 0.497 e. The number of carbonyl (C=O) groups excluding carboxylic acids is 4. The second kappa shape index (κ2) is 17.7. The number of alkyl carbamates (subject to hydrolysis) is 1. The molecule has 1 aromatic carbocycles. The SMILES string of the molecule is C=CC1=C(C=Cc2cc(O[C@@H]3C[C@@H](C(=O)NC4(C(=O)NS(=O)(=O)C(C)C)CC4C=C)N(C(=O)[C@@H](NC(=O)OC4CCCC4)C(C)C)C3)c3ccc(OC)cc3n2)OCO1. The molecule has 6 rings (SSSR count). The number of sulfonamides is 1. The second-order valence-corrected chi connectivity index (χ2v) is 18.0. The van der Waals surface area contributed by atoms with E-state index >= 15 is 0 Å². The topological polar surface area (TPSA) is 201 Å². The van der Waals surface area contributed by atoms with Gasteiger partial charge in [-0.2, -0.15) is 0 Å². The minimum Gasteiger partial charge on any atom is -0.497 e. The summed E-state index contributed by atoms with van der Waals surface area (Å²) >= 11 is 0. The summed E-state index contributed by atoms with van der Waals surface area (Å²) in [6.45, 7) is 13.9. The van der Waals surface area contributed by atoms with E-state index in [4.69, 9.17) is 28.7 Å². The molecule has 1 saturated heterocycles. The number of nitrogens with one attached hydrogen (secondary N) is 3. The van der Waals surface area contributed by atoms with Crippen molar-refractivity contribution in [3.05, 3.63) is 72.9 Å². The molecular weight excluding hydrogens is 783 g/mol. The number of amides is 4. The number of likely N-dealkylation sites (tertiary alicyclic amines) is 1. The minimum absolute atomic E-state index is 0.0123. The highest BCUT2D eigenvalue weighted by molar-refractivity contribution is 7.90. The number of nitrogens with zero attached hydrogens (tertiary/aromatic N) is 2. The number of aromatic nitrogens is 1. The standard InChI is InChI=1S/C42H53N5O11S/c1-8-26-21-42(26,40(50)46-59(52,53)25(5)6)45-38(48)33-20-30(22-47(33)39(49)37(24(3)4)44-41(51)58-28-12-10-11-13-28)57-36-18-27(14-17-35-34(9-2)55-23-56-35)43-32-19-29(54-7)15-16-31(32)36/h8-9,14-19,24-26,28,30,33,37H,1-2,10-13,20-23H2,3-7H3,(H,44,51)(H,45,48)(H,46,50)/t26?,30-,33+,37+,42?/m1/s1. The van der Waals surface area contributed by atoms with E-state index in [9.17, 15) is 27.6 Å². The van der Waals surface area contributed by atoms with Crippen LogP contribution < -0.4 is 24.8 Å². The van der Waals surface area contributed by atoms with Gasteiger partial charge in [-0.25, -0.2) is 18.2 Å². The Morgan fingerprint density at radius 3 is 2.39 bits per heavy atom. The summed E-state index contributed by atoms with van der Waals surface area (Å²) in [4.78, 5) is 61.7. The molecule has 2 unspecified atom stereocenters. The summed E-state index contributed by atoms with van der Waals surface area (Å²) in [7, 11) is -2.49. The Balaban J connectivity index is 1.32. The van der Waals surface area contributed by atoms with Crippen LogP contribution in [0.25, 0.3) is 17.0 Å². The lowest BCUT2D eigenvalue weighted by molar-refractivity contribution is -0.141. The van der Waals surface area contributed by atoms with Crippen molar-refractivity contribution in [2.24, 2.45) is 11.8 Å². The third-order valence-electron chi connectivity index (χ3n) is 11.1. The van der Waals surface area contributed by atoms with Crippen LogP contribution in [0, 0.1) is 11.8 Å². The maximum Gasteiger partial charge on any atom is 0.408 e. The number of pyridine rings is 1. The summed E-state index contributed by atoms with van der Waals surface area (Å²) < 4.78 is 56.3. The Labute approximate surface area is 344 Å². The summed E-state index contributed by atoms with van der Waals surface area (Å²) in [5.74, 6) is -1.20. The molecule has 318 valence electrons. The van der Waals surface area contributed by atoms with Gasteiger partial charge in [0.2, 0.25) is 28.6 Å². The molecule has 16 nitrogen and oxygen atoms in total. The summed E-state index contributed by atoms with van der Waals surface area (Å²) in [6.07, 6.45) is 8.18. The van der Waals surface area contributed by atoms with E-state index in [2.05, 4.69) is 28.5 Å². The number of methoxy groups -OCH3 is 1. The first kappa shape index (κ1) is 43.0. The van der Waals surface area contributed by atoms with Crippen LogP contribution in [-0.4, -0.2) is 97.6 Å². The molecule has 0 radical (unpaired) electrons. The minimum atomic E-state index is -4.03. The van der Waals surface area contributed by atoms with Crippen LogP contribution in [0.15, 0.2) is 67.2 Å². The Morgan fingerprint density at radius 2 is 1.75 bits per heavy atom. The van der Waals surface area contributed by atoms with Crippen molar-refractivity contribution in [1.82, 2.24) is 25.2 Å². The van der Waals surface area contributed by atoms with Gasteiger partial charge >= 0.3 is 6.09 Å². The first-order valence-corrected chi connectivity index (χ1v) is 21.4. The van der Waals surface area contributed by atoms with Crippen molar-refractivity contribution < 1.29 is 51.3 Å². The van der Waals surface area contributed by atoms with Crippen LogP contribution in [0.2, 0.25) is 0 Å². The molecule has 2 saturated carbocycles. The van der Waals surface area contributed by atoms with Crippen LogP contribution >= 0.6 is 0 Å². The Bertz CT molecular complexity index is 2160. The molecule has 0 spiro atoms. The molecule has 3 N–H and O–H groups in total. The van der Waals surface area contributed by atoms with Gasteiger partial charge in [-0.05, 0) is 82.2 Å². The molecule has 59 heavy (non-hydrogen) atoms. The van der Waals surface area contributed by atoms with E-state index in [1.807, 2.05) is 0 Å². The summed E-state index contributed by atoms with van der Waals surface area (Å²) in [5.41, 5.74) is -0.571. The number of allylic oxidation sites excluding steroid dienone is 2. The lowest BCUT2D eigenvalue weighted by Crippen LogP contribution is -2.59. The van der Waals surface area contributed by atoms with Gasteiger partial charge in [0.25, 0.3) is 5.91 Å². The lowest BCUT2D eigenvalue weighted by Gasteiger charge is -2.31. The van der Waals surface area contributed by atoms with Crippen molar-refractivity contribution in [2.75, 3.05) is 20.4 Å². The summed E-state index contributed by atoms with van der Waals surface area (Å²) in [5, 5.41) is 5.25. The number of fused-ring (bicyclic) bond motifs is 1. The number of hydrogen-bond donors (Lipinski definition) is 3. The van der Waals surface area contributed by atoms with Gasteiger partial charge in [0.05, 0.1) is 30.1 Å². The molecule has 2 aliphatic heterocycles. The van der Waals surface area contributed by atoms with Crippen molar-refractivity contribution in [1.29, 1.82) is 0 Å². The molecular formula is C42H53N5O11S. The van der Waals surface area contributed by atoms with Crippen molar-refractivity contribution in [3.63, 3.8) is 0 Å². The van der Waals surface area contributed by atoms with E-state index in [0.29, 0.717) is 39.6 Å². The Morgan fingerprint density at radius 1 is 1.02 bits per heavy atom. The first-order chi connectivity index (χ1) is 28.1. The highest BCUT2D eigenvalue weighted by Crippen LogP contribution is 2.45. The van der Waals surface area contributed by atoms with E-state index in [-0.39, 0.29) is 32.3 Å². The molecule has 4 aliphatic rings. The number of rotatable bonds is 16. The molecule has 3 heterocycles. The molecule has 2 aliphatic carbocycles. The van der Waals surface area contributed by atoms with Crippen LogP contribution in [0.1, 0.15) is 71.9 Å². The lowest BCUT2D eigenvalue weighted by atomic mass is 10.0. The molecule has 3 fully saturated rings. The predicted molar refractivity (Wildman–Crippen MR) is 218 cm³/mol. The van der Waals surface area contributed by atoms with Crippen molar-refractivity contribution in [2.45, 2.75) is 101 Å². The molecule has 2 aromatic rings. The van der Waals surface area contributed by atoms with Crippen molar-refractivity contribution in [3.8, 4) is 11.5 Å². The highest BCUT2D eigenvalue weighted by atomic mass is 32.2. The fourth-order valence-corrected chi connectivity index (χ4v) is 8.17. The normalized spacial score (nSPS) is 23.5. The smallest absolute Gasteiger partial charge is 0.408 e. The van der Waals surface area contributed by atoms with Crippen LogP contribution in [0.3, 0.4) is 0 Å². The van der Waals surface area contributed by atoms with Gasteiger partial charge in [-0.3, -0.25) is 19.1 Å². The fourth-order valence-electron chi connectivity index (χ4n) is 7.50. The van der Waals surface area contributed by atoms with Gasteiger partial charge in [-0.15, -0.1) is 6.58 Å². The number of benzene rings is 1. The zero-order valence-corrected chi connectivity index (χ0v) is 34.8. The first-order valence-electron chi connectivity index (χ1n) is 19.8. The quantitative estimate of drug-likeness (QED) is 0.199. The van der Waals surface area contributed by atoms with Gasteiger partial charge in [0.15, 0.2) is 11.5 Å². The van der Waals surface area contributed by atoms with Crippen LogP contribution in [0.5, 0.6) is 11.5 Å². The molecule has 0 bridgehead atoms. The Kier molecular flexibility index (Phi) is 12.9. The zero-order valence-electron chi connectivity index (χ0n) is 34.0. The molecule has 17 heteroatoms. The zero-order chi connectivity index (χ0) is 42.6. The van der Waals surface area contributed by atoms with E-state index in [1.165, 1.54) is 24.8 Å². The van der Waals surface area contributed by atoms with E-state index in [0.717, 1.165) is 25.7 Å². The van der Waals surface area contributed by atoms with E-state index < -0.39 is 74.7 Å². The molecule has 4 amide bonds. The third kappa shape index (κ3) is 9.50. The van der Waals surface area contributed by atoms with E-state index in [1.54, 1.807) is 63.5 Å². The number of carbonyl (C=O) groups is 4. The van der Waals surface area contributed by atoms with Gasteiger partial charge in [0.1, 0.15) is 41.3 Å². The van der Waals surface area contributed by atoms with Gasteiger partial charge in [0, 0.05) is 29.9 Å². The number of ether oxygens (including phenoxy) is 5. The van der Waals surface area contributed by atoms with Crippen LogP contribution in [-0.2, 0) is 38.6 Å². The van der Waals surface area contributed by atoms with Gasteiger partial charge in [-0.1, -0.05) is 26.5 Å². The average molecular weight is 836 g/mol.